The van der Waals surface area contributed by atoms with Crippen molar-refractivity contribution in [2.75, 3.05) is 20.3 Å². The maximum Gasteiger partial charge on any atom is 0.0642 e. The Morgan fingerprint density at radius 1 is 1.59 bits per heavy atom. The molecule has 1 atom stereocenters. The molecule has 1 unspecified atom stereocenters. The summed E-state index contributed by atoms with van der Waals surface area (Å²) in [5.41, 5.74) is 0.944. The van der Waals surface area contributed by atoms with E-state index in [1.54, 1.807) is 13.3 Å². The largest absolute Gasteiger partial charge is 0.396 e. The maximum absolute atomic E-state index is 9.07. The zero-order chi connectivity index (χ0) is 12.7. The third-order valence-electron chi connectivity index (χ3n) is 2.93. The van der Waals surface area contributed by atoms with Gasteiger partial charge in [-0.3, -0.25) is 4.68 Å². The van der Waals surface area contributed by atoms with Crippen molar-refractivity contribution in [3.63, 3.8) is 0 Å². The highest BCUT2D eigenvalue weighted by Gasteiger charge is 2.23. The van der Waals surface area contributed by atoms with Crippen molar-refractivity contribution < 1.29 is 9.84 Å². The predicted octanol–water partition coefficient (Wildman–Crippen LogP) is 0.780. The second-order valence-corrected chi connectivity index (χ2v) is 4.46. The molecule has 0 aliphatic rings. The molecule has 0 radical (unpaired) electrons. The van der Waals surface area contributed by atoms with Crippen molar-refractivity contribution in [2.24, 2.45) is 0 Å². The number of aliphatic hydroxyl groups is 1. The van der Waals surface area contributed by atoms with Gasteiger partial charge in [0.25, 0.3) is 0 Å². The van der Waals surface area contributed by atoms with Gasteiger partial charge in [0.15, 0.2) is 0 Å². The van der Waals surface area contributed by atoms with Gasteiger partial charge in [-0.2, -0.15) is 5.10 Å². The topological polar surface area (TPSA) is 59.3 Å². The van der Waals surface area contributed by atoms with Gasteiger partial charge < -0.3 is 15.2 Å². The lowest BCUT2D eigenvalue weighted by Gasteiger charge is -2.29. The van der Waals surface area contributed by atoms with Crippen molar-refractivity contribution in [1.29, 1.82) is 0 Å². The first kappa shape index (κ1) is 14.2. The quantitative estimate of drug-likeness (QED) is 0.706. The van der Waals surface area contributed by atoms with Crippen LogP contribution in [0.1, 0.15) is 26.0 Å². The van der Waals surface area contributed by atoms with E-state index in [1.165, 1.54) is 0 Å². The third kappa shape index (κ3) is 4.11. The lowest BCUT2D eigenvalue weighted by molar-refractivity contribution is 0.0964. The van der Waals surface area contributed by atoms with Crippen LogP contribution in [0, 0.1) is 0 Å². The van der Waals surface area contributed by atoms with Gasteiger partial charge in [-0.05, 0) is 26.3 Å². The van der Waals surface area contributed by atoms with Crippen molar-refractivity contribution in [2.45, 2.75) is 38.9 Å². The fraction of sp³-hybridized carbons (Fsp3) is 0.750. The standard InChI is InChI=1S/C12H23N3O2/c1-4-15-11(5-7-14-15)9-13-12(2,6-8-16)10-17-3/h5,7,13,16H,4,6,8-10H2,1-3H3. The molecule has 0 amide bonds. The van der Waals surface area contributed by atoms with E-state index >= 15 is 0 Å². The second kappa shape index (κ2) is 6.74. The van der Waals surface area contributed by atoms with Crippen LogP contribution >= 0.6 is 0 Å². The Kier molecular flexibility index (Phi) is 5.61. The summed E-state index contributed by atoms with van der Waals surface area (Å²) in [7, 11) is 1.67. The molecule has 1 aromatic heterocycles. The number of nitrogens with one attached hydrogen (secondary N) is 1. The number of hydrogen-bond acceptors (Lipinski definition) is 4. The molecule has 0 aromatic carbocycles. The van der Waals surface area contributed by atoms with Crippen LogP contribution in [0.4, 0.5) is 0 Å². The molecule has 0 saturated carbocycles. The second-order valence-electron chi connectivity index (χ2n) is 4.46. The Bertz CT molecular complexity index is 319. The molecule has 1 rings (SSSR count). The van der Waals surface area contributed by atoms with E-state index in [1.807, 2.05) is 10.7 Å². The molecule has 1 heterocycles. The molecular formula is C12H23N3O2. The third-order valence-corrected chi connectivity index (χ3v) is 2.93. The van der Waals surface area contributed by atoms with Crippen LogP contribution in [0.3, 0.4) is 0 Å². The van der Waals surface area contributed by atoms with Crippen LogP contribution in [0.15, 0.2) is 12.3 Å². The highest BCUT2D eigenvalue weighted by molar-refractivity contribution is 5.01. The molecule has 0 aliphatic heterocycles. The monoisotopic (exact) mass is 241 g/mol. The fourth-order valence-electron chi connectivity index (χ4n) is 1.88. The minimum Gasteiger partial charge on any atom is -0.396 e. The molecule has 0 spiro atoms. The van der Waals surface area contributed by atoms with E-state index in [2.05, 4.69) is 24.3 Å². The Balaban J connectivity index is 2.57. The van der Waals surface area contributed by atoms with E-state index in [9.17, 15) is 0 Å². The van der Waals surface area contributed by atoms with E-state index in [0.29, 0.717) is 13.0 Å². The summed E-state index contributed by atoms with van der Waals surface area (Å²) < 4.78 is 7.15. The molecule has 0 aliphatic carbocycles. The number of aromatic nitrogens is 2. The normalized spacial score (nSPS) is 14.8. The highest BCUT2D eigenvalue weighted by Crippen LogP contribution is 2.11. The Hall–Kier alpha value is -0.910. The van der Waals surface area contributed by atoms with Crippen LogP contribution in [0.25, 0.3) is 0 Å². The van der Waals surface area contributed by atoms with E-state index < -0.39 is 0 Å². The van der Waals surface area contributed by atoms with E-state index in [4.69, 9.17) is 9.84 Å². The minimum absolute atomic E-state index is 0.153. The van der Waals surface area contributed by atoms with Gasteiger partial charge in [0.05, 0.1) is 12.3 Å². The first-order valence-electron chi connectivity index (χ1n) is 6.00. The molecule has 0 fully saturated rings. The summed E-state index contributed by atoms with van der Waals surface area (Å²) in [6.07, 6.45) is 2.47. The summed E-state index contributed by atoms with van der Waals surface area (Å²) in [4.78, 5) is 0. The van der Waals surface area contributed by atoms with Gasteiger partial charge >= 0.3 is 0 Å². The zero-order valence-corrected chi connectivity index (χ0v) is 10.9. The summed E-state index contributed by atoms with van der Waals surface area (Å²) in [5.74, 6) is 0. The first-order valence-corrected chi connectivity index (χ1v) is 6.00. The Morgan fingerprint density at radius 3 is 2.94 bits per heavy atom. The van der Waals surface area contributed by atoms with Gasteiger partial charge in [0, 0.05) is 38.5 Å². The number of ether oxygens (including phenoxy) is 1. The summed E-state index contributed by atoms with van der Waals surface area (Å²) in [5, 5.41) is 16.7. The zero-order valence-electron chi connectivity index (χ0n) is 10.9. The number of aliphatic hydroxyl groups excluding tert-OH is 1. The summed E-state index contributed by atoms with van der Waals surface area (Å²) in [6.45, 7) is 6.45. The smallest absolute Gasteiger partial charge is 0.0642 e. The summed E-state index contributed by atoms with van der Waals surface area (Å²) >= 11 is 0. The Morgan fingerprint density at radius 2 is 2.35 bits per heavy atom. The van der Waals surface area contributed by atoms with Gasteiger partial charge in [0.1, 0.15) is 0 Å². The lowest BCUT2D eigenvalue weighted by Crippen LogP contribution is -2.46. The van der Waals surface area contributed by atoms with Crippen molar-refractivity contribution in [1.82, 2.24) is 15.1 Å². The molecule has 2 N–H and O–H groups in total. The Labute approximate surface area is 103 Å². The molecular weight excluding hydrogens is 218 g/mol. The fourth-order valence-corrected chi connectivity index (χ4v) is 1.88. The molecule has 0 bridgehead atoms. The molecule has 98 valence electrons. The SMILES string of the molecule is CCn1nccc1CNC(C)(CCO)COC. The molecule has 5 nitrogen and oxygen atoms in total. The highest BCUT2D eigenvalue weighted by atomic mass is 16.5. The van der Waals surface area contributed by atoms with Crippen molar-refractivity contribution in [3.8, 4) is 0 Å². The van der Waals surface area contributed by atoms with Gasteiger partial charge in [-0.25, -0.2) is 0 Å². The number of aryl methyl sites for hydroxylation is 1. The van der Waals surface area contributed by atoms with Crippen molar-refractivity contribution in [3.05, 3.63) is 18.0 Å². The van der Waals surface area contributed by atoms with E-state index in [0.717, 1.165) is 18.8 Å². The van der Waals surface area contributed by atoms with Crippen LogP contribution in [-0.4, -0.2) is 40.7 Å². The van der Waals surface area contributed by atoms with E-state index in [-0.39, 0.29) is 12.1 Å². The number of methoxy groups -OCH3 is 1. The lowest BCUT2D eigenvalue weighted by atomic mass is 9.99. The minimum atomic E-state index is -0.202. The average Bonchev–Trinajstić information content (AvgIpc) is 2.74. The maximum atomic E-state index is 9.07. The number of rotatable bonds is 8. The van der Waals surface area contributed by atoms with Crippen LogP contribution < -0.4 is 5.32 Å². The van der Waals surface area contributed by atoms with Crippen LogP contribution in [-0.2, 0) is 17.8 Å². The van der Waals surface area contributed by atoms with Gasteiger partial charge in [-0.1, -0.05) is 0 Å². The predicted molar refractivity (Wildman–Crippen MR) is 66.7 cm³/mol. The molecule has 5 heteroatoms. The first-order chi connectivity index (χ1) is 8.15. The van der Waals surface area contributed by atoms with Crippen LogP contribution in [0.5, 0.6) is 0 Å². The number of nitrogens with zero attached hydrogens (tertiary/aromatic N) is 2. The average molecular weight is 241 g/mol. The van der Waals surface area contributed by atoms with Gasteiger partial charge in [0.2, 0.25) is 0 Å². The van der Waals surface area contributed by atoms with Crippen molar-refractivity contribution >= 4 is 0 Å². The molecule has 17 heavy (non-hydrogen) atoms. The molecule has 0 saturated heterocycles. The number of hydrogen-bond donors (Lipinski definition) is 2. The van der Waals surface area contributed by atoms with Gasteiger partial charge in [-0.15, -0.1) is 0 Å². The summed E-state index contributed by atoms with van der Waals surface area (Å²) in [6, 6.07) is 2.00. The molecule has 1 aromatic rings. The van der Waals surface area contributed by atoms with Crippen LogP contribution in [0.2, 0.25) is 0 Å².